The molecule has 2 fully saturated rings. The van der Waals surface area contributed by atoms with Gasteiger partial charge in [0.25, 0.3) is 5.91 Å². The largest absolute Gasteiger partial charge is 0.394 e. The van der Waals surface area contributed by atoms with Crippen LogP contribution in [0.2, 0.25) is 0 Å². The Labute approximate surface area is 173 Å². The van der Waals surface area contributed by atoms with Crippen molar-refractivity contribution in [2.45, 2.75) is 63.5 Å². The molecule has 162 valence electrons. The zero-order valence-corrected chi connectivity index (χ0v) is 17.9. The summed E-state index contributed by atoms with van der Waals surface area (Å²) in [5.74, 6) is 0.765. The molecule has 1 aromatic rings. The molecule has 1 amide bonds. The molecule has 2 atom stereocenters. The molecule has 1 aliphatic heterocycles. The number of likely N-dealkylation sites (tertiary alicyclic amines) is 1. The Bertz CT molecular complexity index is 694. The van der Waals surface area contributed by atoms with Crippen molar-refractivity contribution in [1.29, 1.82) is 0 Å². The normalized spacial score (nSPS) is 24.1. The van der Waals surface area contributed by atoms with Crippen molar-refractivity contribution in [3.05, 3.63) is 29.1 Å². The lowest BCUT2D eigenvalue weighted by molar-refractivity contribution is -0.237. The van der Waals surface area contributed by atoms with Crippen molar-refractivity contribution in [3.63, 3.8) is 0 Å². The minimum absolute atomic E-state index is 0.0249. The molecule has 0 unspecified atom stereocenters. The molecule has 1 saturated heterocycles. The van der Waals surface area contributed by atoms with Crippen LogP contribution in [0.3, 0.4) is 0 Å². The van der Waals surface area contributed by atoms with E-state index < -0.39 is 11.6 Å². The Morgan fingerprint density at radius 2 is 2.07 bits per heavy atom. The highest BCUT2D eigenvalue weighted by Gasteiger charge is 2.62. The molecule has 1 aliphatic carbocycles. The number of hydrogen-bond donors (Lipinski definition) is 1. The average Bonchev–Trinajstić information content (AvgIpc) is 3.55. The summed E-state index contributed by atoms with van der Waals surface area (Å²) in [6, 6.07) is 1.60. The van der Waals surface area contributed by atoms with Gasteiger partial charge in [-0.05, 0) is 42.9 Å². The molecule has 1 saturated carbocycles. The predicted octanol–water partition coefficient (Wildman–Crippen LogP) is 2.22. The number of aryl methyl sites for hydroxylation is 2. The standard InChI is InChI=1S/C22H34N2O5/c1-16-12-23-19(10-18(16)7-5-4-6-17-8-9-17)11-22(29-15-28-3)20(13-25)24(14-27-2)21(22)26/h10,12,17,20,25H,4-9,11,13-15H2,1-3H3/t20-,22+/m0/s1. The Balaban J connectivity index is 1.71. The SMILES string of the molecule is COCO[C@@]1(Cc2cc(CCCCC3CC3)c(C)cn2)C(=O)N(COC)[C@H]1CO. The number of aliphatic hydroxyl groups is 1. The summed E-state index contributed by atoms with van der Waals surface area (Å²) in [5.41, 5.74) is 2.07. The molecule has 0 bridgehead atoms. The molecular weight excluding hydrogens is 372 g/mol. The first-order chi connectivity index (χ1) is 14.1. The minimum Gasteiger partial charge on any atom is -0.394 e. The van der Waals surface area contributed by atoms with Crippen LogP contribution in [0.4, 0.5) is 0 Å². The number of aliphatic hydroxyl groups excluding tert-OH is 1. The van der Waals surface area contributed by atoms with Crippen molar-refractivity contribution in [2.24, 2.45) is 5.92 Å². The molecule has 3 rings (SSSR count). The maximum absolute atomic E-state index is 12.9. The fraction of sp³-hybridized carbons (Fsp3) is 0.727. The molecule has 1 N–H and O–H groups in total. The van der Waals surface area contributed by atoms with Crippen LogP contribution in [0.1, 0.15) is 48.9 Å². The van der Waals surface area contributed by atoms with E-state index in [-0.39, 0.29) is 26.0 Å². The fourth-order valence-corrected chi connectivity index (χ4v) is 4.22. The number of rotatable bonds is 13. The van der Waals surface area contributed by atoms with Crippen LogP contribution < -0.4 is 0 Å². The third kappa shape index (κ3) is 4.97. The molecule has 0 aromatic carbocycles. The smallest absolute Gasteiger partial charge is 0.259 e. The number of nitrogens with zero attached hydrogens (tertiary/aromatic N) is 2. The van der Waals surface area contributed by atoms with Crippen LogP contribution >= 0.6 is 0 Å². The van der Waals surface area contributed by atoms with Gasteiger partial charge in [-0.3, -0.25) is 9.78 Å². The Morgan fingerprint density at radius 3 is 2.72 bits per heavy atom. The summed E-state index contributed by atoms with van der Waals surface area (Å²) in [5, 5.41) is 9.92. The van der Waals surface area contributed by atoms with Crippen molar-refractivity contribution in [2.75, 3.05) is 34.4 Å². The van der Waals surface area contributed by atoms with Crippen LogP contribution in [-0.2, 0) is 31.8 Å². The van der Waals surface area contributed by atoms with Gasteiger partial charge in [0.2, 0.25) is 0 Å². The number of β-lactam (4-membered cyclic amide) rings is 1. The second-order valence-electron chi connectivity index (χ2n) is 8.30. The number of carbonyl (C=O) groups is 1. The van der Waals surface area contributed by atoms with Gasteiger partial charge >= 0.3 is 0 Å². The number of ether oxygens (including phenoxy) is 3. The first kappa shape index (κ1) is 22.2. The number of hydrogen-bond acceptors (Lipinski definition) is 6. The van der Waals surface area contributed by atoms with Gasteiger partial charge in [-0.25, -0.2) is 0 Å². The van der Waals surface area contributed by atoms with E-state index in [0.29, 0.717) is 6.42 Å². The lowest BCUT2D eigenvalue weighted by Gasteiger charge is -2.54. The average molecular weight is 407 g/mol. The number of aromatic nitrogens is 1. The molecule has 0 spiro atoms. The predicted molar refractivity (Wildman–Crippen MR) is 108 cm³/mol. The quantitative estimate of drug-likeness (QED) is 0.307. The van der Waals surface area contributed by atoms with Crippen LogP contribution in [0.15, 0.2) is 12.3 Å². The van der Waals surface area contributed by atoms with Gasteiger partial charge in [-0.15, -0.1) is 0 Å². The zero-order chi connectivity index (χ0) is 20.9. The fourth-order valence-electron chi connectivity index (χ4n) is 4.22. The Morgan fingerprint density at radius 1 is 1.28 bits per heavy atom. The van der Waals surface area contributed by atoms with Gasteiger partial charge in [0.15, 0.2) is 5.60 Å². The van der Waals surface area contributed by atoms with E-state index in [9.17, 15) is 9.90 Å². The molecular formula is C22H34N2O5. The third-order valence-electron chi connectivity index (χ3n) is 6.13. The summed E-state index contributed by atoms with van der Waals surface area (Å²) >= 11 is 0. The van der Waals surface area contributed by atoms with Crippen LogP contribution in [-0.4, -0.2) is 66.9 Å². The Hall–Kier alpha value is -1.54. The van der Waals surface area contributed by atoms with E-state index in [1.807, 2.05) is 6.20 Å². The van der Waals surface area contributed by atoms with E-state index in [1.165, 1.54) is 62.4 Å². The van der Waals surface area contributed by atoms with Crippen LogP contribution in [0.25, 0.3) is 0 Å². The molecule has 2 aliphatic rings. The van der Waals surface area contributed by atoms with Crippen molar-refractivity contribution in [3.8, 4) is 0 Å². The topological polar surface area (TPSA) is 81.1 Å². The Kier molecular flexibility index (Phi) is 7.62. The van der Waals surface area contributed by atoms with E-state index in [2.05, 4.69) is 18.0 Å². The highest BCUT2D eigenvalue weighted by atomic mass is 16.7. The number of methoxy groups -OCH3 is 2. The van der Waals surface area contributed by atoms with E-state index in [4.69, 9.17) is 14.2 Å². The van der Waals surface area contributed by atoms with Gasteiger partial charge in [-0.1, -0.05) is 25.7 Å². The lowest BCUT2D eigenvalue weighted by Crippen LogP contribution is -2.77. The first-order valence-electron chi connectivity index (χ1n) is 10.5. The van der Waals surface area contributed by atoms with Crippen molar-refractivity contribution < 1.29 is 24.1 Å². The highest BCUT2D eigenvalue weighted by Crippen LogP contribution is 2.38. The van der Waals surface area contributed by atoms with Crippen molar-refractivity contribution >= 4 is 5.91 Å². The maximum Gasteiger partial charge on any atom is 0.259 e. The number of amides is 1. The maximum atomic E-state index is 12.9. The molecule has 7 heteroatoms. The monoisotopic (exact) mass is 406 g/mol. The molecule has 7 nitrogen and oxygen atoms in total. The van der Waals surface area contributed by atoms with E-state index >= 15 is 0 Å². The number of unbranched alkanes of at least 4 members (excludes halogenated alkanes) is 1. The second kappa shape index (κ2) is 9.98. The van der Waals surface area contributed by atoms with Crippen LogP contribution in [0.5, 0.6) is 0 Å². The minimum atomic E-state index is -1.17. The summed E-state index contributed by atoms with van der Waals surface area (Å²) in [4.78, 5) is 19.0. The van der Waals surface area contributed by atoms with Gasteiger partial charge in [0.05, 0.1) is 12.6 Å². The van der Waals surface area contributed by atoms with E-state index in [1.54, 1.807) is 0 Å². The van der Waals surface area contributed by atoms with Gasteiger partial charge in [0, 0.05) is 32.5 Å². The third-order valence-corrected chi connectivity index (χ3v) is 6.13. The molecule has 0 radical (unpaired) electrons. The lowest BCUT2D eigenvalue weighted by atomic mass is 9.78. The molecule has 2 heterocycles. The summed E-state index contributed by atoms with van der Waals surface area (Å²) in [6.45, 7) is 1.97. The zero-order valence-electron chi connectivity index (χ0n) is 17.9. The summed E-state index contributed by atoms with van der Waals surface area (Å²) in [7, 11) is 3.04. The van der Waals surface area contributed by atoms with Crippen LogP contribution in [0, 0.1) is 12.8 Å². The van der Waals surface area contributed by atoms with Gasteiger partial charge < -0.3 is 24.2 Å². The van der Waals surface area contributed by atoms with Gasteiger partial charge in [0.1, 0.15) is 13.5 Å². The van der Waals surface area contributed by atoms with E-state index in [0.717, 1.165) is 18.0 Å². The summed E-state index contributed by atoms with van der Waals surface area (Å²) < 4.78 is 16.0. The first-order valence-corrected chi connectivity index (χ1v) is 10.5. The number of pyridine rings is 1. The van der Waals surface area contributed by atoms with Crippen molar-refractivity contribution in [1.82, 2.24) is 9.88 Å². The molecule has 1 aromatic heterocycles. The molecule has 29 heavy (non-hydrogen) atoms. The number of carbonyl (C=O) groups excluding carboxylic acids is 1. The van der Waals surface area contributed by atoms with Gasteiger partial charge in [-0.2, -0.15) is 0 Å². The second-order valence-corrected chi connectivity index (χ2v) is 8.30. The summed E-state index contributed by atoms with van der Waals surface area (Å²) in [6.07, 6.45) is 9.78. The highest BCUT2D eigenvalue weighted by molar-refractivity contribution is 5.93.